The van der Waals surface area contributed by atoms with Crippen LogP contribution in [-0.2, 0) is 23.1 Å². The molecule has 4 rings (SSSR count). The van der Waals surface area contributed by atoms with Gasteiger partial charge in [-0.05, 0) is 35.4 Å². The summed E-state index contributed by atoms with van der Waals surface area (Å²) in [6, 6.07) is 8.12. The summed E-state index contributed by atoms with van der Waals surface area (Å²) in [6.45, 7) is -1.97. The van der Waals surface area contributed by atoms with Crippen molar-refractivity contribution in [2.24, 2.45) is 7.05 Å². The quantitative estimate of drug-likeness (QED) is 0.429. The van der Waals surface area contributed by atoms with Crippen molar-refractivity contribution in [3.8, 4) is 11.1 Å². The van der Waals surface area contributed by atoms with Gasteiger partial charge in [-0.3, -0.25) is 24.1 Å². The molecule has 1 aliphatic rings. The third kappa shape index (κ3) is 6.06. The normalized spacial score (nSPS) is 17.7. The summed E-state index contributed by atoms with van der Waals surface area (Å²) in [4.78, 5) is 17.4. The molecule has 0 spiro atoms. The van der Waals surface area contributed by atoms with E-state index in [1.165, 1.54) is 6.08 Å². The van der Waals surface area contributed by atoms with E-state index in [2.05, 4.69) is 20.1 Å². The first-order valence-corrected chi connectivity index (χ1v) is 10.3. The van der Waals surface area contributed by atoms with Gasteiger partial charge in [-0.2, -0.15) is 22.7 Å². The molecule has 11 heteroatoms. The van der Waals surface area contributed by atoms with Crippen LogP contribution in [0.2, 0.25) is 0 Å². The van der Waals surface area contributed by atoms with E-state index in [1.807, 2.05) is 19.3 Å². The van der Waals surface area contributed by atoms with E-state index in [9.17, 15) is 22.4 Å². The number of carbonyl (C=O) groups excluding carboxylic acids is 1. The van der Waals surface area contributed by atoms with E-state index in [1.54, 1.807) is 53.6 Å². The monoisotopic (exact) mass is 475 g/mol. The maximum atomic E-state index is 13.4. The maximum Gasteiger partial charge on any atom is 0.372 e. The molecule has 0 aliphatic carbocycles. The molecule has 1 fully saturated rings. The molecule has 1 amide bonds. The number of amides is 1. The Morgan fingerprint density at radius 2 is 1.82 bits per heavy atom. The first-order valence-electron chi connectivity index (χ1n) is 10.3. The molecule has 2 aromatic heterocycles. The maximum absolute atomic E-state index is 13.4. The Bertz CT molecular complexity index is 1180. The smallest absolute Gasteiger partial charge is 0.323 e. The average molecular weight is 475 g/mol. The van der Waals surface area contributed by atoms with Crippen molar-refractivity contribution >= 4 is 17.7 Å². The predicted molar refractivity (Wildman–Crippen MR) is 117 cm³/mol. The summed E-state index contributed by atoms with van der Waals surface area (Å²) in [6.07, 6.45) is 2.02. The van der Waals surface area contributed by atoms with Gasteiger partial charge in [0.05, 0.1) is 19.3 Å². The highest BCUT2D eigenvalue weighted by Crippen LogP contribution is 2.34. The fourth-order valence-corrected chi connectivity index (χ4v) is 3.64. The lowest BCUT2D eigenvalue weighted by Crippen LogP contribution is -2.54. The van der Waals surface area contributed by atoms with Gasteiger partial charge < -0.3 is 5.32 Å². The van der Waals surface area contributed by atoms with E-state index in [4.69, 9.17) is 0 Å². The Morgan fingerprint density at radius 3 is 2.47 bits per heavy atom. The van der Waals surface area contributed by atoms with Crippen molar-refractivity contribution in [3.05, 3.63) is 72.3 Å². The molecule has 0 radical (unpaired) electrons. The lowest BCUT2D eigenvalue weighted by atomic mass is 10.0. The van der Waals surface area contributed by atoms with E-state index >= 15 is 0 Å². The molecule has 1 N–H and O–H groups in total. The van der Waals surface area contributed by atoms with E-state index < -0.39 is 25.3 Å². The number of rotatable bonds is 6. The average Bonchev–Trinajstić information content (AvgIpc) is 3.18. The number of nitrogens with zero attached hydrogens (tertiary/aromatic N) is 4. The second-order valence-electron chi connectivity index (χ2n) is 7.91. The van der Waals surface area contributed by atoms with E-state index in [-0.39, 0.29) is 12.5 Å². The van der Waals surface area contributed by atoms with Gasteiger partial charge in [0.1, 0.15) is 0 Å². The van der Waals surface area contributed by atoms with Crippen LogP contribution >= 0.6 is 0 Å². The minimum atomic E-state index is -3.92. The second kappa shape index (κ2) is 9.35. The molecule has 3 heterocycles. The van der Waals surface area contributed by atoms with Gasteiger partial charge in [0.15, 0.2) is 0 Å². The van der Waals surface area contributed by atoms with Crippen LogP contribution in [0.25, 0.3) is 17.2 Å². The van der Waals surface area contributed by atoms with Gasteiger partial charge in [0, 0.05) is 55.1 Å². The molecule has 0 bridgehead atoms. The number of carbonyl (C=O) groups is 1. The molecule has 0 unspecified atom stereocenters. The lowest BCUT2D eigenvalue weighted by Gasteiger charge is -2.36. The van der Waals surface area contributed by atoms with Crippen LogP contribution in [0.5, 0.6) is 0 Å². The van der Waals surface area contributed by atoms with E-state index in [0.29, 0.717) is 11.3 Å². The van der Waals surface area contributed by atoms with Crippen molar-refractivity contribution in [2.75, 3.05) is 18.4 Å². The summed E-state index contributed by atoms with van der Waals surface area (Å²) >= 11 is 0. The first kappa shape index (κ1) is 23.6. The largest absolute Gasteiger partial charge is 0.372 e. The number of nitrogens with one attached hydrogen (secondary N) is 1. The van der Waals surface area contributed by atoms with Crippen molar-refractivity contribution in [2.45, 2.75) is 18.8 Å². The topological polar surface area (TPSA) is 72.3 Å². The zero-order valence-corrected chi connectivity index (χ0v) is 18.1. The molecule has 1 saturated heterocycles. The van der Waals surface area contributed by atoms with Crippen LogP contribution in [0.3, 0.4) is 0 Å². The number of aryl methyl sites for hydroxylation is 1. The molecular weight excluding hydrogens is 454 g/mol. The Morgan fingerprint density at radius 1 is 1.12 bits per heavy atom. The minimum Gasteiger partial charge on any atom is -0.323 e. The van der Waals surface area contributed by atoms with Crippen molar-refractivity contribution in [3.63, 3.8) is 0 Å². The number of hydrogen-bond acceptors (Lipinski definition) is 5. The molecular formula is C23H21F4N5O2. The number of ether oxygens (including phenoxy) is 1. The first-order chi connectivity index (χ1) is 16.1. The number of pyridine rings is 1. The van der Waals surface area contributed by atoms with Crippen molar-refractivity contribution < 1.29 is 27.1 Å². The number of aromatic nitrogens is 3. The highest BCUT2D eigenvalue weighted by molar-refractivity contribution is 6.02. The Labute approximate surface area is 192 Å². The number of alkyl halides is 4. The SMILES string of the molecule is Cn1cc(-c2ccncc2C=CC(=O)Nc2ccc(CN3CC(F)(F)OC(F)(F)C3)cc2)cn1. The van der Waals surface area contributed by atoms with Crippen molar-refractivity contribution in [1.82, 2.24) is 19.7 Å². The third-order valence-corrected chi connectivity index (χ3v) is 5.02. The molecule has 34 heavy (non-hydrogen) atoms. The van der Waals surface area contributed by atoms with E-state index in [0.717, 1.165) is 21.6 Å². The molecule has 7 nitrogen and oxygen atoms in total. The van der Waals surface area contributed by atoms with Gasteiger partial charge in [0.25, 0.3) is 0 Å². The van der Waals surface area contributed by atoms with Gasteiger partial charge in [-0.1, -0.05) is 12.1 Å². The van der Waals surface area contributed by atoms with Crippen LogP contribution in [0, 0.1) is 0 Å². The summed E-state index contributed by atoms with van der Waals surface area (Å²) in [5.74, 6) is -0.388. The van der Waals surface area contributed by atoms with Crippen LogP contribution in [0.4, 0.5) is 23.2 Å². The Balaban J connectivity index is 1.37. The van der Waals surface area contributed by atoms with Crippen LogP contribution in [0.1, 0.15) is 11.1 Å². The fraction of sp³-hybridized carbons (Fsp3) is 0.261. The Hall–Kier alpha value is -3.57. The molecule has 0 saturated carbocycles. The summed E-state index contributed by atoms with van der Waals surface area (Å²) in [5.41, 5.74) is 3.50. The zero-order valence-electron chi connectivity index (χ0n) is 18.1. The number of hydrogen-bond donors (Lipinski definition) is 1. The standard InChI is InChI=1S/C23H21F4N5O2/c1-31-13-18(11-29-31)20-8-9-28-10-17(20)4-7-21(33)30-19-5-2-16(3-6-19)12-32-14-22(24,25)34-23(26,27)15-32/h2-11,13H,12,14-15H2,1H3,(H,30,33). The summed E-state index contributed by atoms with van der Waals surface area (Å²) in [5, 5.41) is 6.85. The Kier molecular flexibility index (Phi) is 6.49. The van der Waals surface area contributed by atoms with Crippen LogP contribution in [-0.4, -0.2) is 50.9 Å². The summed E-state index contributed by atoms with van der Waals surface area (Å²) < 4.78 is 58.7. The van der Waals surface area contributed by atoms with Gasteiger partial charge in [-0.25, -0.2) is 0 Å². The zero-order chi connectivity index (χ0) is 24.3. The van der Waals surface area contributed by atoms with Gasteiger partial charge in [-0.15, -0.1) is 0 Å². The van der Waals surface area contributed by atoms with Gasteiger partial charge >= 0.3 is 12.2 Å². The minimum absolute atomic E-state index is 0.110. The fourth-order valence-electron chi connectivity index (χ4n) is 3.64. The predicted octanol–water partition coefficient (Wildman–Crippen LogP) is 4.15. The number of anilines is 1. The molecule has 1 aromatic carbocycles. The number of morpholine rings is 1. The highest BCUT2D eigenvalue weighted by atomic mass is 19.3. The van der Waals surface area contributed by atoms with Crippen LogP contribution < -0.4 is 5.32 Å². The highest BCUT2D eigenvalue weighted by Gasteiger charge is 2.51. The second-order valence-corrected chi connectivity index (χ2v) is 7.91. The number of halogens is 4. The third-order valence-electron chi connectivity index (χ3n) is 5.02. The van der Waals surface area contributed by atoms with Crippen LogP contribution in [0.15, 0.2) is 61.2 Å². The lowest BCUT2D eigenvalue weighted by molar-refractivity contribution is -0.405. The summed E-state index contributed by atoms with van der Waals surface area (Å²) in [7, 11) is 1.81. The molecule has 178 valence electrons. The molecule has 3 aromatic rings. The van der Waals surface area contributed by atoms with Crippen molar-refractivity contribution in [1.29, 1.82) is 0 Å². The molecule has 0 atom stereocenters. The number of benzene rings is 1. The molecule has 1 aliphatic heterocycles. The van der Waals surface area contributed by atoms with Gasteiger partial charge in [0.2, 0.25) is 5.91 Å².